The molecule has 1 unspecified atom stereocenters. The zero-order valence-electron chi connectivity index (χ0n) is 31.3. The number of methoxy groups -OCH3 is 1. The molecular weight excluding hydrogens is 712 g/mol. The highest BCUT2D eigenvalue weighted by Crippen LogP contribution is 2.57. The average Bonchev–Trinajstić information content (AvgIpc) is 3.93. The number of allylic oxidation sites excluding steroid dienone is 1. The number of halogens is 1. The first-order valence-corrected chi connectivity index (χ1v) is 19.0. The molecule has 1 saturated heterocycles. The third kappa shape index (κ3) is 7.29. The van der Waals surface area contributed by atoms with E-state index in [-0.39, 0.29) is 54.5 Å². The molecule has 13 heteroatoms. The number of pyridine rings is 1. The van der Waals surface area contributed by atoms with Gasteiger partial charge in [0.2, 0.25) is 5.91 Å². The number of carbonyl (C=O) groups is 4. The van der Waals surface area contributed by atoms with Gasteiger partial charge in [-0.05, 0) is 67.9 Å². The molecule has 286 valence electrons. The number of esters is 1. The van der Waals surface area contributed by atoms with Gasteiger partial charge in [-0.2, -0.15) is 0 Å². The van der Waals surface area contributed by atoms with Crippen molar-refractivity contribution in [2.24, 2.45) is 34.5 Å². The molecule has 0 bridgehead atoms. The molecule has 4 aliphatic rings. The first kappa shape index (κ1) is 37.7. The second kappa shape index (κ2) is 14.2. The molecule has 12 nitrogen and oxygen atoms in total. The number of carboxylic acid groups (broad SMARTS) is 1. The van der Waals surface area contributed by atoms with Crippen molar-refractivity contribution >= 4 is 46.1 Å². The molecule has 2 aromatic heterocycles. The van der Waals surface area contributed by atoms with Crippen LogP contribution in [-0.4, -0.2) is 80.5 Å². The van der Waals surface area contributed by atoms with E-state index in [0.29, 0.717) is 57.7 Å². The maximum Gasteiger partial charge on any atom is 0.310 e. The summed E-state index contributed by atoms with van der Waals surface area (Å²) >= 11 is 6.78. The summed E-state index contributed by atoms with van der Waals surface area (Å²) in [6.45, 7) is 11.3. The van der Waals surface area contributed by atoms with Gasteiger partial charge in [0.15, 0.2) is 5.78 Å². The van der Waals surface area contributed by atoms with Crippen molar-refractivity contribution in [3.8, 4) is 22.9 Å². The molecule has 54 heavy (non-hydrogen) atoms. The van der Waals surface area contributed by atoms with Gasteiger partial charge in [0.1, 0.15) is 34.4 Å². The van der Waals surface area contributed by atoms with E-state index in [9.17, 15) is 24.3 Å². The number of fused-ring (bicyclic) bond motifs is 2. The maximum absolute atomic E-state index is 14.7. The van der Waals surface area contributed by atoms with E-state index in [4.69, 9.17) is 30.8 Å². The van der Waals surface area contributed by atoms with Crippen LogP contribution >= 0.6 is 11.6 Å². The molecule has 8 atom stereocenters. The van der Waals surface area contributed by atoms with Gasteiger partial charge >= 0.3 is 11.9 Å². The molecule has 4 fully saturated rings. The number of benzene rings is 1. The Hall–Kier alpha value is -4.58. The predicted molar refractivity (Wildman–Crippen MR) is 200 cm³/mol. The summed E-state index contributed by atoms with van der Waals surface area (Å²) in [5.41, 5.74) is 0.110. The Morgan fingerprint density at radius 3 is 2.43 bits per heavy atom. The SMILES string of the molecule is C=C[C@@H]1C[C@]1(CC(=O)[C@@H]1C[C@@H](Oc2cc(-c3cncc(C)n3)nc3c(Cl)c(OC)ccc23)CN1C(=O)[C@@H](CC(=O)OC1C[C@@H]2C[C@@H]2C1)C(C)(C)C)C(=O)O. The van der Waals surface area contributed by atoms with Crippen LogP contribution in [0, 0.1) is 41.4 Å². The lowest BCUT2D eigenvalue weighted by molar-refractivity contribution is -0.157. The number of ketones is 1. The summed E-state index contributed by atoms with van der Waals surface area (Å²) in [6.07, 6.45) is 6.93. The number of hydrogen-bond acceptors (Lipinski definition) is 10. The second-order valence-corrected chi connectivity index (χ2v) is 17.0. The number of rotatable bonds is 13. The summed E-state index contributed by atoms with van der Waals surface area (Å²) in [5.74, 6) is -1.30. The van der Waals surface area contributed by atoms with E-state index in [2.05, 4.69) is 16.5 Å². The zero-order valence-corrected chi connectivity index (χ0v) is 32.1. The lowest BCUT2D eigenvalue weighted by Gasteiger charge is -2.35. The lowest BCUT2D eigenvalue weighted by Crippen LogP contribution is -2.48. The number of likely N-dealkylation sites (tertiary alicyclic amines) is 1. The number of ether oxygens (including phenoxy) is 3. The summed E-state index contributed by atoms with van der Waals surface area (Å²) in [5, 5.41) is 11.0. The van der Waals surface area contributed by atoms with Crippen molar-refractivity contribution in [2.45, 2.75) is 90.9 Å². The quantitative estimate of drug-likeness (QED) is 0.147. The molecule has 1 aliphatic heterocycles. The molecule has 7 rings (SSSR count). The molecule has 1 N–H and O–H groups in total. The molecule has 3 aliphatic carbocycles. The second-order valence-electron chi connectivity index (χ2n) is 16.6. The standard InChI is InChI=1S/C41H47ClN4O8/c1-7-24-16-41(24,39(50)51)17-32(47)31-13-26(20-46(31)38(49)28(40(3,4)5)14-35(48)54-25-11-22-10-23(22)12-25)53-34-15-29(30-19-43-18-21(2)44-30)45-37-27(34)8-9-33(52-6)36(37)42/h7-9,15,18-19,22-26,28,31H,1,10-14,16-17,20H2,2-6H3,(H,50,51)/t22-,23+,24-,25?,26-,28-,31+,41-/m1/s1. The molecule has 0 radical (unpaired) electrons. The fourth-order valence-corrected chi connectivity index (χ4v) is 8.79. The van der Waals surface area contributed by atoms with Crippen LogP contribution in [0.15, 0.2) is 43.2 Å². The van der Waals surface area contributed by atoms with Crippen molar-refractivity contribution < 1.29 is 38.5 Å². The fraction of sp³-hybridized carbons (Fsp3) is 0.537. The average molecular weight is 759 g/mol. The van der Waals surface area contributed by atoms with Crippen LogP contribution < -0.4 is 9.47 Å². The Labute approximate surface area is 319 Å². The summed E-state index contributed by atoms with van der Waals surface area (Å²) in [6, 6.07) is 4.24. The summed E-state index contributed by atoms with van der Waals surface area (Å²) in [7, 11) is 1.51. The van der Waals surface area contributed by atoms with E-state index in [1.165, 1.54) is 18.4 Å². The first-order valence-electron chi connectivity index (χ1n) is 18.6. The third-order valence-corrected chi connectivity index (χ3v) is 12.2. The van der Waals surface area contributed by atoms with Gasteiger partial charge in [-0.25, -0.2) is 9.97 Å². The first-order chi connectivity index (χ1) is 25.6. The normalized spacial score (nSPS) is 27.6. The van der Waals surface area contributed by atoms with Crippen molar-refractivity contribution in [3.05, 3.63) is 54.0 Å². The van der Waals surface area contributed by atoms with E-state index in [0.717, 1.165) is 12.8 Å². The smallest absolute Gasteiger partial charge is 0.310 e. The molecule has 3 aromatic rings. The summed E-state index contributed by atoms with van der Waals surface area (Å²) in [4.78, 5) is 69.8. The number of carboxylic acids is 1. The molecular formula is C41H47ClN4O8. The van der Waals surface area contributed by atoms with Crippen LogP contribution in [0.1, 0.15) is 71.4 Å². The highest BCUT2D eigenvalue weighted by atomic mass is 35.5. The van der Waals surface area contributed by atoms with E-state index >= 15 is 0 Å². The van der Waals surface area contributed by atoms with Gasteiger partial charge in [0.25, 0.3) is 0 Å². The molecule has 3 heterocycles. The summed E-state index contributed by atoms with van der Waals surface area (Å²) < 4.78 is 18.0. The monoisotopic (exact) mass is 758 g/mol. The number of amides is 1. The Balaban J connectivity index is 1.21. The van der Waals surface area contributed by atoms with Gasteiger partial charge in [0, 0.05) is 30.5 Å². The minimum absolute atomic E-state index is 0.0289. The van der Waals surface area contributed by atoms with Gasteiger partial charge < -0.3 is 24.2 Å². The van der Waals surface area contributed by atoms with E-state index in [1.807, 2.05) is 27.7 Å². The Morgan fingerprint density at radius 2 is 1.80 bits per heavy atom. The maximum atomic E-state index is 14.7. The Bertz CT molecular complexity index is 2020. The van der Waals surface area contributed by atoms with Crippen molar-refractivity contribution in [3.63, 3.8) is 0 Å². The number of Topliss-reactive ketones (excluding diaryl/α,β-unsaturated/α-hetero) is 1. The Morgan fingerprint density at radius 1 is 1.06 bits per heavy atom. The van der Waals surface area contributed by atoms with Crippen LogP contribution in [0.25, 0.3) is 22.3 Å². The van der Waals surface area contributed by atoms with Crippen molar-refractivity contribution in [1.29, 1.82) is 0 Å². The predicted octanol–water partition coefficient (Wildman–Crippen LogP) is 6.64. The van der Waals surface area contributed by atoms with Crippen LogP contribution in [0.4, 0.5) is 0 Å². The van der Waals surface area contributed by atoms with Crippen LogP contribution in [0.3, 0.4) is 0 Å². The number of aliphatic carboxylic acids is 1. The minimum Gasteiger partial charge on any atom is -0.495 e. The number of nitrogens with zero attached hydrogens (tertiary/aromatic N) is 4. The minimum atomic E-state index is -1.26. The van der Waals surface area contributed by atoms with E-state index in [1.54, 1.807) is 36.7 Å². The fourth-order valence-electron chi connectivity index (χ4n) is 8.51. The Kier molecular flexibility index (Phi) is 9.95. The highest BCUT2D eigenvalue weighted by molar-refractivity contribution is 6.36. The molecule has 1 amide bonds. The molecule has 0 spiro atoms. The topological polar surface area (TPSA) is 158 Å². The van der Waals surface area contributed by atoms with Gasteiger partial charge in [-0.3, -0.25) is 24.2 Å². The zero-order chi connectivity index (χ0) is 38.7. The van der Waals surface area contributed by atoms with Crippen LogP contribution in [-0.2, 0) is 23.9 Å². The van der Waals surface area contributed by atoms with Gasteiger partial charge in [-0.15, -0.1) is 6.58 Å². The largest absolute Gasteiger partial charge is 0.495 e. The molecule has 3 saturated carbocycles. The van der Waals surface area contributed by atoms with Crippen LogP contribution in [0.5, 0.6) is 11.5 Å². The van der Waals surface area contributed by atoms with E-state index < -0.39 is 40.8 Å². The van der Waals surface area contributed by atoms with Crippen molar-refractivity contribution in [2.75, 3.05) is 13.7 Å². The van der Waals surface area contributed by atoms with Gasteiger partial charge in [-0.1, -0.05) is 38.4 Å². The third-order valence-electron chi connectivity index (χ3n) is 11.8. The van der Waals surface area contributed by atoms with Crippen molar-refractivity contribution in [1.82, 2.24) is 19.9 Å². The number of carbonyl (C=O) groups excluding carboxylic acids is 3. The molecule has 1 aromatic carbocycles. The number of hydrogen-bond donors (Lipinski definition) is 1. The lowest BCUT2D eigenvalue weighted by atomic mass is 9.77. The number of aryl methyl sites for hydroxylation is 1. The van der Waals surface area contributed by atoms with Gasteiger partial charge in [0.05, 0.1) is 60.6 Å². The highest BCUT2D eigenvalue weighted by Gasteiger charge is 2.61. The number of aromatic nitrogens is 3. The van der Waals surface area contributed by atoms with Crippen LogP contribution in [0.2, 0.25) is 5.02 Å².